The molecule has 1 aromatic heterocycles. The fraction of sp³-hybridized carbons (Fsp3) is 0.500. The lowest BCUT2D eigenvalue weighted by molar-refractivity contribution is -0.122. The second kappa shape index (κ2) is 7.74. The molecule has 0 unspecified atom stereocenters. The maximum atomic E-state index is 13.6. The number of likely N-dealkylation sites (N-methyl/N-ethyl adjacent to an activating group) is 1. The third kappa shape index (κ3) is 5.09. The zero-order valence-corrected chi connectivity index (χ0v) is 14.6. The maximum absolute atomic E-state index is 13.6. The van der Waals surface area contributed by atoms with Crippen molar-refractivity contribution in [3.8, 4) is 11.4 Å². The highest BCUT2D eigenvalue weighted by Gasteiger charge is 2.23. The molecule has 6 nitrogen and oxygen atoms in total. The van der Waals surface area contributed by atoms with E-state index in [9.17, 15) is 9.18 Å². The lowest BCUT2D eigenvalue weighted by Gasteiger charge is -2.15. The minimum absolute atomic E-state index is 0.0754. The van der Waals surface area contributed by atoms with Gasteiger partial charge in [-0.05, 0) is 51.4 Å². The molecule has 1 amide bonds. The summed E-state index contributed by atoms with van der Waals surface area (Å²) in [6.07, 6.45) is 3.62. The van der Waals surface area contributed by atoms with Crippen LogP contribution in [-0.2, 0) is 11.2 Å². The molecule has 1 aromatic carbocycles. The van der Waals surface area contributed by atoms with E-state index in [1.165, 1.54) is 6.07 Å². The van der Waals surface area contributed by atoms with Gasteiger partial charge in [0, 0.05) is 18.0 Å². The van der Waals surface area contributed by atoms with Crippen LogP contribution in [0.4, 0.5) is 4.39 Å². The molecule has 7 heteroatoms. The molecule has 3 rings (SSSR count). The monoisotopic (exact) mass is 346 g/mol. The second-order valence-electron chi connectivity index (χ2n) is 6.66. The Kier molecular flexibility index (Phi) is 5.43. The second-order valence-corrected chi connectivity index (χ2v) is 6.66. The van der Waals surface area contributed by atoms with E-state index >= 15 is 0 Å². The normalized spacial score (nSPS) is 14.1. The molecule has 0 spiro atoms. The van der Waals surface area contributed by atoms with Crippen LogP contribution in [0.25, 0.3) is 11.4 Å². The summed E-state index contributed by atoms with van der Waals surface area (Å²) in [4.78, 5) is 18.0. The third-order valence-corrected chi connectivity index (χ3v) is 4.18. The first-order chi connectivity index (χ1) is 12.0. The number of nitrogens with zero attached hydrogens (tertiary/aromatic N) is 3. The van der Waals surface area contributed by atoms with Gasteiger partial charge in [-0.2, -0.15) is 4.98 Å². The predicted octanol–water partition coefficient (Wildman–Crippen LogP) is 2.33. The van der Waals surface area contributed by atoms with Gasteiger partial charge in [0.15, 0.2) is 0 Å². The predicted molar refractivity (Wildman–Crippen MR) is 91.4 cm³/mol. The van der Waals surface area contributed by atoms with E-state index in [-0.39, 0.29) is 11.7 Å². The highest BCUT2D eigenvalue weighted by Crippen LogP contribution is 2.19. The SMILES string of the molecule is Cc1ccc(-c2noc(CCCN(C)CC(=O)NC3CC3)n2)cc1F. The van der Waals surface area contributed by atoms with Crippen LogP contribution >= 0.6 is 0 Å². The lowest BCUT2D eigenvalue weighted by Crippen LogP contribution is -2.36. The topological polar surface area (TPSA) is 71.3 Å². The number of rotatable bonds is 8. The van der Waals surface area contributed by atoms with Gasteiger partial charge in [-0.1, -0.05) is 17.3 Å². The zero-order valence-electron chi connectivity index (χ0n) is 14.6. The Balaban J connectivity index is 1.45. The molecule has 1 aliphatic rings. The molecular formula is C18H23FN4O2. The molecular weight excluding hydrogens is 323 g/mol. The van der Waals surface area contributed by atoms with Crippen molar-refractivity contribution in [1.82, 2.24) is 20.4 Å². The van der Waals surface area contributed by atoms with E-state index < -0.39 is 0 Å². The molecule has 134 valence electrons. The van der Waals surface area contributed by atoms with Crippen LogP contribution in [-0.4, -0.2) is 47.1 Å². The van der Waals surface area contributed by atoms with E-state index in [0.29, 0.717) is 41.8 Å². The molecule has 1 heterocycles. The molecule has 1 N–H and O–H groups in total. The first-order valence-corrected chi connectivity index (χ1v) is 8.58. The minimum atomic E-state index is -0.282. The van der Waals surface area contributed by atoms with Crippen LogP contribution in [0.15, 0.2) is 22.7 Å². The maximum Gasteiger partial charge on any atom is 0.234 e. The van der Waals surface area contributed by atoms with E-state index in [1.807, 2.05) is 11.9 Å². The molecule has 1 aliphatic carbocycles. The van der Waals surface area contributed by atoms with Crippen molar-refractivity contribution >= 4 is 5.91 Å². The Bertz CT molecular complexity index is 742. The van der Waals surface area contributed by atoms with E-state index in [0.717, 1.165) is 25.8 Å². The highest BCUT2D eigenvalue weighted by atomic mass is 19.1. The molecule has 2 aromatic rings. The third-order valence-electron chi connectivity index (χ3n) is 4.18. The van der Waals surface area contributed by atoms with Crippen molar-refractivity contribution in [2.45, 2.75) is 38.6 Å². The molecule has 0 radical (unpaired) electrons. The summed E-state index contributed by atoms with van der Waals surface area (Å²) in [5.74, 6) is 0.708. The average Bonchev–Trinajstić information content (AvgIpc) is 3.24. The number of hydrogen-bond acceptors (Lipinski definition) is 5. The Morgan fingerprint density at radius 1 is 1.44 bits per heavy atom. The number of amides is 1. The van der Waals surface area contributed by atoms with Crippen LogP contribution in [0.2, 0.25) is 0 Å². The van der Waals surface area contributed by atoms with Gasteiger partial charge >= 0.3 is 0 Å². The zero-order chi connectivity index (χ0) is 17.8. The Morgan fingerprint density at radius 3 is 2.96 bits per heavy atom. The number of carbonyl (C=O) groups is 1. The van der Waals surface area contributed by atoms with Crippen LogP contribution < -0.4 is 5.32 Å². The largest absolute Gasteiger partial charge is 0.352 e. The number of halogens is 1. The van der Waals surface area contributed by atoms with Crippen molar-refractivity contribution in [3.05, 3.63) is 35.5 Å². The summed E-state index contributed by atoms with van der Waals surface area (Å²) in [6.45, 7) is 2.87. The van der Waals surface area contributed by atoms with Crippen molar-refractivity contribution in [3.63, 3.8) is 0 Å². The first-order valence-electron chi connectivity index (χ1n) is 8.58. The lowest BCUT2D eigenvalue weighted by atomic mass is 10.1. The number of benzene rings is 1. The summed E-state index contributed by atoms with van der Waals surface area (Å²) in [5, 5.41) is 6.88. The molecule has 0 aliphatic heterocycles. The van der Waals surface area contributed by atoms with Gasteiger partial charge in [0.05, 0.1) is 6.54 Å². The molecule has 1 saturated carbocycles. The fourth-order valence-corrected chi connectivity index (χ4v) is 2.53. The highest BCUT2D eigenvalue weighted by molar-refractivity contribution is 5.78. The summed E-state index contributed by atoms with van der Waals surface area (Å²) in [6, 6.07) is 5.28. The smallest absolute Gasteiger partial charge is 0.234 e. The Morgan fingerprint density at radius 2 is 2.24 bits per heavy atom. The van der Waals surface area contributed by atoms with E-state index in [1.54, 1.807) is 19.1 Å². The minimum Gasteiger partial charge on any atom is -0.352 e. The average molecular weight is 346 g/mol. The molecule has 0 atom stereocenters. The van der Waals surface area contributed by atoms with E-state index in [4.69, 9.17) is 4.52 Å². The van der Waals surface area contributed by atoms with Gasteiger partial charge in [-0.15, -0.1) is 0 Å². The van der Waals surface area contributed by atoms with Gasteiger partial charge in [0.25, 0.3) is 0 Å². The molecule has 25 heavy (non-hydrogen) atoms. The Hall–Kier alpha value is -2.28. The number of aromatic nitrogens is 2. The fourth-order valence-electron chi connectivity index (χ4n) is 2.53. The van der Waals surface area contributed by atoms with Crippen molar-refractivity contribution < 1.29 is 13.7 Å². The van der Waals surface area contributed by atoms with Crippen LogP contribution in [0, 0.1) is 12.7 Å². The van der Waals surface area contributed by atoms with Gasteiger partial charge in [-0.25, -0.2) is 4.39 Å². The molecule has 0 bridgehead atoms. The number of hydrogen-bond donors (Lipinski definition) is 1. The quantitative estimate of drug-likeness (QED) is 0.794. The number of aryl methyl sites for hydroxylation is 2. The van der Waals surface area contributed by atoms with Gasteiger partial charge in [-0.3, -0.25) is 9.69 Å². The van der Waals surface area contributed by atoms with Gasteiger partial charge in [0.2, 0.25) is 17.6 Å². The van der Waals surface area contributed by atoms with Gasteiger partial charge in [0.1, 0.15) is 5.82 Å². The van der Waals surface area contributed by atoms with Crippen LogP contribution in [0.5, 0.6) is 0 Å². The molecule has 1 fully saturated rings. The summed E-state index contributed by atoms with van der Waals surface area (Å²) < 4.78 is 18.9. The summed E-state index contributed by atoms with van der Waals surface area (Å²) in [5.41, 5.74) is 1.19. The van der Waals surface area contributed by atoms with Crippen LogP contribution in [0.3, 0.4) is 0 Å². The van der Waals surface area contributed by atoms with Crippen molar-refractivity contribution in [2.24, 2.45) is 0 Å². The summed E-state index contributed by atoms with van der Waals surface area (Å²) in [7, 11) is 1.92. The summed E-state index contributed by atoms with van der Waals surface area (Å²) >= 11 is 0. The number of carbonyl (C=O) groups excluding carboxylic acids is 1. The number of nitrogens with one attached hydrogen (secondary N) is 1. The van der Waals surface area contributed by atoms with Crippen LogP contribution in [0.1, 0.15) is 30.7 Å². The Labute approximate surface area is 146 Å². The van der Waals surface area contributed by atoms with Gasteiger partial charge < -0.3 is 9.84 Å². The van der Waals surface area contributed by atoms with Crippen molar-refractivity contribution in [1.29, 1.82) is 0 Å². The molecule has 0 saturated heterocycles. The standard InChI is InChI=1S/C18H23FN4O2/c1-12-5-6-13(10-15(12)19)18-21-17(25-22-18)4-3-9-23(2)11-16(24)20-14-7-8-14/h5-6,10,14H,3-4,7-9,11H2,1-2H3,(H,20,24). The van der Waals surface area contributed by atoms with E-state index in [2.05, 4.69) is 15.5 Å². The van der Waals surface area contributed by atoms with Crippen molar-refractivity contribution in [2.75, 3.05) is 20.1 Å². The first kappa shape index (κ1) is 17.5.